The molecule has 1 aromatic rings. The van der Waals surface area contributed by atoms with Crippen molar-refractivity contribution in [2.24, 2.45) is 11.7 Å². The fourth-order valence-electron chi connectivity index (χ4n) is 2.09. The molecular formula is C12H17N3O. The van der Waals surface area contributed by atoms with Crippen LogP contribution in [0.1, 0.15) is 12.5 Å². The number of hydrogen-bond acceptors (Lipinski definition) is 3. The number of nitrogens with two attached hydrogens (primary N) is 1. The van der Waals surface area contributed by atoms with E-state index in [2.05, 4.69) is 0 Å². The smallest absolute Gasteiger partial charge is 0.245 e. The molecule has 0 bridgehead atoms. The molecule has 0 radical (unpaired) electrons. The first-order valence-corrected chi connectivity index (χ1v) is 5.48. The lowest BCUT2D eigenvalue weighted by Crippen LogP contribution is -2.36. The minimum Gasteiger partial charge on any atom is -0.326 e. The Morgan fingerprint density at radius 1 is 1.44 bits per heavy atom. The van der Waals surface area contributed by atoms with Gasteiger partial charge < -0.3 is 5.73 Å². The van der Waals surface area contributed by atoms with Gasteiger partial charge >= 0.3 is 0 Å². The molecule has 0 saturated carbocycles. The molecule has 0 aliphatic carbocycles. The molecule has 4 nitrogen and oxygen atoms in total. The largest absolute Gasteiger partial charge is 0.326 e. The number of hydrogen-bond donors (Lipinski definition) is 1. The Bertz CT molecular complexity index is 405. The van der Waals surface area contributed by atoms with Gasteiger partial charge in [-0.05, 0) is 11.6 Å². The summed E-state index contributed by atoms with van der Waals surface area (Å²) >= 11 is 0. The summed E-state index contributed by atoms with van der Waals surface area (Å²) in [6, 6.07) is 7.93. The third-order valence-corrected chi connectivity index (χ3v) is 3.04. The van der Waals surface area contributed by atoms with E-state index in [1.807, 2.05) is 36.2 Å². The molecule has 1 unspecified atom stereocenters. The van der Waals surface area contributed by atoms with E-state index < -0.39 is 0 Å². The molecule has 1 atom stereocenters. The SMILES string of the molecule is CC1CN(c2ccccc2CN)N(C)C1=O. The second-order valence-electron chi connectivity index (χ2n) is 4.18. The van der Waals surface area contributed by atoms with Crippen LogP contribution in [0, 0.1) is 5.92 Å². The zero-order valence-electron chi connectivity index (χ0n) is 9.68. The van der Waals surface area contributed by atoms with E-state index in [1.54, 1.807) is 12.1 Å². The van der Waals surface area contributed by atoms with Crippen LogP contribution in [0.5, 0.6) is 0 Å². The highest BCUT2D eigenvalue weighted by molar-refractivity contribution is 5.84. The van der Waals surface area contributed by atoms with Gasteiger partial charge in [-0.25, -0.2) is 0 Å². The molecule has 1 aliphatic rings. The van der Waals surface area contributed by atoms with Crippen LogP contribution in [-0.2, 0) is 11.3 Å². The number of carbonyl (C=O) groups is 1. The predicted octanol–water partition coefficient (Wildman–Crippen LogP) is 0.975. The van der Waals surface area contributed by atoms with Gasteiger partial charge in [0, 0.05) is 13.6 Å². The number of para-hydroxylation sites is 1. The Balaban J connectivity index is 2.35. The monoisotopic (exact) mass is 219 g/mol. The van der Waals surface area contributed by atoms with Crippen molar-refractivity contribution in [3.63, 3.8) is 0 Å². The third-order valence-electron chi connectivity index (χ3n) is 3.04. The molecule has 0 spiro atoms. The maximum Gasteiger partial charge on any atom is 0.245 e. The summed E-state index contributed by atoms with van der Waals surface area (Å²) in [6.07, 6.45) is 0. The molecule has 86 valence electrons. The minimum absolute atomic E-state index is 0.0517. The molecule has 2 N–H and O–H groups in total. The van der Waals surface area contributed by atoms with Gasteiger partial charge in [-0.2, -0.15) is 0 Å². The molecule has 1 aromatic carbocycles. The molecule has 16 heavy (non-hydrogen) atoms. The van der Waals surface area contributed by atoms with Gasteiger partial charge in [-0.15, -0.1) is 0 Å². The Kier molecular flexibility index (Phi) is 2.83. The molecule has 2 rings (SSSR count). The second-order valence-corrected chi connectivity index (χ2v) is 4.18. The molecule has 1 saturated heterocycles. The van der Waals surface area contributed by atoms with E-state index in [9.17, 15) is 4.79 Å². The summed E-state index contributed by atoms with van der Waals surface area (Å²) in [5.74, 6) is 0.211. The molecule has 1 fully saturated rings. The topological polar surface area (TPSA) is 49.6 Å². The Labute approximate surface area is 95.6 Å². The Morgan fingerprint density at radius 2 is 2.12 bits per heavy atom. The fraction of sp³-hybridized carbons (Fsp3) is 0.417. The van der Waals surface area contributed by atoms with Crippen LogP contribution in [-0.4, -0.2) is 24.5 Å². The molecule has 1 amide bonds. The van der Waals surface area contributed by atoms with Gasteiger partial charge in [0.1, 0.15) is 0 Å². The summed E-state index contributed by atoms with van der Waals surface area (Å²) in [5, 5.41) is 3.67. The molecule has 1 heterocycles. The van der Waals surface area contributed by atoms with Crippen molar-refractivity contribution in [2.75, 3.05) is 18.6 Å². The number of rotatable bonds is 2. The summed E-state index contributed by atoms with van der Waals surface area (Å²) < 4.78 is 0. The van der Waals surface area contributed by atoms with Crippen molar-refractivity contribution in [1.29, 1.82) is 0 Å². The van der Waals surface area contributed by atoms with E-state index in [0.717, 1.165) is 17.8 Å². The van der Waals surface area contributed by atoms with Crippen LogP contribution in [0.4, 0.5) is 5.69 Å². The summed E-state index contributed by atoms with van der Waals surface area (Å²) in [4.78, 5) is 11.7. The van der Waals surface area contributed by atoms with E-state index in [1.165, 1.54) is 0 Å². The summed E-state index contributed by atoms with van der Waals surface area (Å²) in [5.41, 5.74) is 7.80. The van der Waals surface area contributed by atoms with Crippen LogP contribution in [0.3, 0.4) is 0 Å². The normalized spacial score (nSPS) is 20.7. The molecule has 0 aromatic heterocycles. The maximum atomic E-state index is 11.7. The van der Waals surface area contributed by atoms with Crippen molar-refractivity contribution in [3.8, 4) is 0 Å². The lowest BCUT2D eigenvalue weighted by molar-refractivity contribution is -0.129. The molecule has 4 heteroatoms. The van der Waals surface area contributed by atoms with Crippen LogP contribution in [0.25, 0.3) is 0 Å². The minimum atomic E-state index is 0.0517. The molecule has 1 aliphatic heterocycles. The average Bonchev–Trinajstić information content (AvgIpc) is 2.57. The van der Waals surface area contributed by atoms with E-state index in [-0.39, 0.29) is 11.8 Å². The molecular weight excluding hydrogens is 202 g/mol. The lowest BCUT2D eigenvalue weighted by atomic mass is 10.1. The average molecular weight is 219 g/mol. The number of amides is 1. The number of nitrogens with zero attached hydrogens (tertiary/aromatic N) is 2. The quantitative estimate of drug-likeness (QED) is 0.806. The van der Waals surface area contributed by atoms with Gasteiger partial charge in [-0.1, -0.05) is 25.1 Å². The van der Waals surface area contributed by atoms with Crippen molar-refractivity contribution in [2.45, 2.75) is 13.5 Å². The van der Waals surface area contributed by atoms with E-state index in [4.69, 9.17) is 5.73 Å². The van der Waals surface area contributed by atoms with Crippen molar-refractivity contribution < 1.29 is 4.79 Å². The number of anilines is 1. The number of benzene rings is 1. The van der Waals surface area contributed by atoms with Crippen molar-refractivity contribution in [3.05, 3.63) is 29.8 Å². The van der Waals surface area contributed by atoms with Crippen LogP contribution < -0.4 is 10.7 Å². The van der Waals surface area contributed by atoms with Crippen molar-refractivity contribution >= 4 is 11.6 Å². The van der Waals surface area contributed by atoms with Gasteiger partial charge in [-0.3, -0.25) is 14.8 Å². The van der Waals surface area contributed by atoms with Crippen LogP contribution in [0.15, 0.2) is 24.3 Å². The highest BCUT2D eigenvalue weighted by Gasteiger charge is 2.33. The van der Waals surface area contributed by atoms with Gasteiger partial charge in [0.05, 0.1) is 18.2 Å². The highest BCUT2D eigenvalue weighted by atomic mass is 16.2. The van der Waals surface area contributed by atoms with Gasteiger partial charge in [0.15, 0.2) is 0 Å². The fourth-order valence-corrected chi connectivity index (χ4v) is 2.09. The predicted molar refractivity (Wildman–Crippen MR) is 63.6 cm³/mol. The number of carbonyl (C=O) groups excluding carboxylic acids is 1. The zero-order valence-corrected chi connectivity index (χ0v) is 9.68. The second kappa shape index (κ2) is 4.14. The lowest BCUT2D eigenvalue weighted by Gasteiger charge is -2.27. The van der Waals surface area contributed by atoms with E-state index in [0.29, 0.717) is 6.54 Å². The van der Waals surface area contributed by atoms with E-state index >= 15 is 0 Å². The van der Waals surface area contributed by atoms with Gasteiger partial charge in [0.2, 0.25) is 5.91 Å². The number of hydrazine groups is 1. The highest BCUT2D eigenvalue weighted by Crippen LogP contribution is 2.27. The first-order valence-electron chi connectivity index (χ1n) is 5.48. The maximum absolute atomic E-state index is 11.7. The standard InChI is InChI=1S/C12H17N3O/c1-9-8-15(14(2)12(9)16)11-6-4-3-5-10(11)7-13/h3-6,9H,7-8,13H2,1-2H3. The summed E-state index contributed by atoms with van der Waals surface area (Å²) in [6.45, 7) is 3.17. The third kappa shape index (κ3) is 1.65. The zero-order chi connectivity index (χ0) is 11.7. The Morgan fingerprint density at radius 3 is 2.69 bits per heavy atom. The van der Waals surface area contributed by atoms with Crippen molar-refractivity contribution in [1.82, 2.24) is 5.01 Å². The Hall–Kier alpha value is -1.55. The first-order chi connectivity index (χ1) is 7.65. The first kappa shape index (κ1) is 11.0. The summed E-state index contributed by atoms with van der Waals surface area (Å²) in [7, 11) is 1.80. The van der Waals surface area contributed by atoms with Crippen LogP contribution in [0.2, 0.25) is 0 Å². The van der Waals surface area contributed by atoms with Crippen LogP contribution >= 0.6 is 0 Å². The van der Waals surface area contributed by atoms with Gasteiger partial charge in [0.25, 0.3) is 0 Å².